The van der Waals surface area contributed by atoms with E-state index in [0.29, 0.717) is 43.6 Å². The number of allylic oxidation sites excluding steroid dienone is 3. The second kappa shape index (κ2) is 20.3. The summed E-state index contributed by atoms with van der Waals surface area (Å²) in [6, 6.07) is 3.65. The zero-order chi connectivity index (χ0) is 35.0. The van der Waals surface area contributed by atoms with Crippen molar-refractivity contribution in [2.45, 2.75) is 96.8 Å². The molecule has 2 atom stereocenters. The molecule has 49 heavy (non-hydrogen) atoms. The number of likely N-dealkylation sites (tertiary alicyclic amines) is 2. The molecule has 2 amide bonds. The lowest BCUT2D eigenvalue weighted by Crippen LogP contribution is -2.43. The van der Waals surface area contributed by atoms with Gasteiger partial charge >= 0.3 is 0 Å². The summed E-state index contributed by atoms with van der Waals surface area (Å²) in [5.74, 6) is 0.961. The Morgan fingerprint density at radius 1 is 1.14 bits per heavy atom. The number of aromatic nitrogens is 1. The van der Waals surface area contributed by atoms with Crippen molar-refractivity contribution in [1.82, 2.24) is 20.1 Å². The molecule has 270 valence electrons. The quantitative estimate of drug-likeness (QED) is 0.0980. The van der Waals surface area contributed by atoms with Crippen LogP contribution in [0.3, 0.4) is 0 Å². The van der Waals surface area contributed by atoms with Crippen LogP contribution < -0.4 is 10.6 Å². The highest BCUT2D eigenvalue weighted by Crippen LogP contribution is 2.32. The van der Waals surface area contributed by atoms with Crippen molar-refractivity contribution >= 4 is 17.6 Å². The Morgan fingerprint density at radius 3 is 2.65 bits per heavy atom. The third-order valence-corrected chi connectivity index (χ3v) is 9.57. The van der Waals surface area contributed by atoms with E-state index in [0.717, 1.165) is 70.2 Å². The van der Waals surface area contributed by atoms with Gasteiger partial charge in [0, 0.05) is 69.6 Å². The van der Waals surface area contributed by atoms with Crippen molar-refractivity contribution in [2.75, 3.05) is 57.8 Å². The van der Waals surface area contributed by atoms with Crippen LogP contribution in [0.2, 0.25) is 0 Å². The second-order valence-corrected chi connectivity index (χ2v) is 13.5. The van der Waals surface area contributed by atoms with E-state index in [9.17, 15) is 14.7 Å². The van der Waals surface area contributed by atoms with Crippen molar-refractivity contribution in [3.8, 4) is 0 Å². The maximum Gasteiger partial charge on any atom is 0.251 e. The minimum Gasteiger partial charge on any atom is -0.498 e. The number of aliphatic hydroxyl groups is 1. The molecule has 3 heterocycles. The standard InChI is InChI=1S/C39H59N5O5/c1-5-8-9-11-29(4)36(49-7-3)28-48-23-10-12-33-26-43(20-16-30(33)6-2)27-35(45)25-41-38(46)32-15-19-40-37(24-32)42-34-17-21-44(22-18-34)39(47)31-13-14-31/h6,10,12,15,19,23-24,31,34-36,45H,4-5,7-9,11,13-14,16-18,20-22,25-28H2,1-3H3,(H,40,42)(H,41,46)/b23-10+,30-6+,33-12-/t35-,36?/m0/s1. The fourth-order valence-corrected chi connectivity index (χ4v) is 6.48. The molecule has 0 radical (unpaired) electrons. The van der Waals surface area contributed by atoms with E-state index in [-0.39, 0.29) is 30.5 Å². The highest BCUT2D eigenvalue weighted by molar-refractivity contribution is 5.94. The van der Waals surface area contributed by atoms with Crippen molar-refractivity contribution < 1.29 is 24.2 Å². The second-order valence-electron chi connectivity index (χ2n) is 13.5. The highest BCUT2D eigenvalue weighted by atomic mass is 16.5. The van der Waals surface area contributed by atoms with Crippen LogP contribution in [0.25, 0.3) is 0 Å². The Bertz CT molecular complexity index is 1310. The molecule has 0 bridgehead atoms. The fraction of sp³-hybridized carbons (Fsp3) is 0.615. The highest BCUT2D eigenvalue weighted by Gasteiger charge is 2.35. The average molecular weight is 678 g/mol. The summed E-state index contributed by atoms with van der Waals surface area (Å²) in [7, 11) is 0. The summed E-state index contributed by atoms with van der Waals surface area (Å²) in [4.78, 5) is 33.9. The predicted octanol–water partition coefficient (Wildman–Crippen LogP) is 5.64. The summed E-state index contributed by atoms with van der Waals surface area (Å²) in [5, 5.41) is 17.2. The molecule has 3 aliphatic rings. The lowest BCUT2D eigenvalue weighted by molar-refractivity contribution is -0.133. The number of hydrogen-bond acceptors (Lipinski definition) is 8. The van der Waals surface area contributed by atoms with Gasteiger partial charge in [-0.2, -0.15) is 0 Å². The van der Waals surface area contributed by atoms with Crippen LogP contribution in [-0.4, -0.2) is 102 Å². The van der Waals surface area contributed by atoms with Gasteiger partial charge in [-0.25, -0.2) is 4.98 Å². The molecule has 0 aromatic carbocycles. The van der Waals surface area contributed by atoms with Gasteiger partial charge in [-0.05, 0) is 93.7 Å². The topological polar surface area (TPSA) is 116 Å². The van der Waals surface area contributed by atoms with Gasteiger partial charge in [0.05, 0.1) is 12.4 Å². The molecule has 1 aromatic rings. The number of aliphatic hydroxyl groups excluding tert-OH is 1. The number of unbranched alkanes of at least 4 members (excludes halogenated alkanes) is 2. The molecule has 4 rings (SSSR count). The molecule has 1 unspecified atom stereocenters. The Labute approximate surface area is 293 Å². The first-order valence-corrected chi connectivity index (χ1v) is 18.4. The van der Waals surface area contributed by atoms with Crippen molar-refractivity contribution in [3.63, 3.8) is 0 Å². The Kier molecular flexibility index (Phi) is 15.9. The number of nitrogens with zero attached hydrogens (tertiary/aromatic N) is 3. The normalized spacial score (nSPS) is 20.4. The van der Waals surface area contributed by atoms with Crippen LogP contribution in [-0.2, 0) is 14.3 Å². The number of hydrogen-bond donors (Lipinski definition) is 3. The molecule has 0 spiro atoms. The van der Waals surface area contributed by atoms with Gasteiger partial charge in [-0.15, -0.1) is 0 Å². The van der Waals surface area contributed by atoms with E-state index in [1.165, 1.54) is 24.0 Å². The monoisotopic (exact) mass is 677 g/mol. The van der Waals surface area contributed by atoms with E-state index >= 15 is 0 Å². The molecular formula is C39H59N5O5. The number of anilines is 1. The largest absolute Gasteiger partial charge is 0.498 e. The number of nitrogens with one attached hydrogen (secondary N) is 2. The third-order valence-electron chi connectivity index (χ3n) is 9.57. The first-order valence-electron chi connectivity index (χ1n) is 18.4. The number of carbonyl (C=O) groups is 2. The number of piperidine rings is 2. The fourth-order valence-electron chi connectivity index (χ4n) is 6.48. The molecule has 2 aliphatic heterocycles. The summed E-state index contributed by atoms with van der Waals surface area (Å²) in [5.41, 5.74) is 4.06. The molecule has 1 saturated carbocycles. The van der Waals surface area contributed by atoms with Gasteiger partial charge in [0.1, 0.15) is 18.5 Å². The summed E-state index contributed by atoms with van der Waals surface area (Å²) in [6.07, 6.45) is 17.8. The molecule has 1 aromatic heterocycles. The Morgan fingerprint density at radius 2 is 1.94 bits per heavy atom. The van der Waals surface area contributed by atoms with Gasteiger partial charge in [0.2, 0.25) is 5.91 Å². The summed E-state index contributed by atoms with van der Waals surface area (Å²) in [6.45, 7) is 15.2. The number of amides is 2. The van der Waals surface area contributed by atoms with Crippen LogP contribution >= 0.6 is 0 Å². The average Bonchev–Trinajstić information content (AvgIpc) is 3.96. The molecule has 3 N–H and O–H groups in total. The van der Waals surface area contributed by atoms with Crippen molar-refractivity contribution in [3.05, 3.63) is 71.7 Å². The van der Waals surface area contributed by atoms with Gasteiger partial charge in [0.25, 0.3) is 5.91 Å². The first-order chi connectivity index (χ1) is 23.8. The number of β-amino-alcohol motifs (C(OH)–C–C–N with tert-alkyl or cyclic N) is 1. The predicted molar refractivity (Wildman–Crippen MR) is 195 cm³/mol. The zero-order valence-electron chi connectivity index (χ0n) is 30.0. The van der Waals surface area contributed by atoms with Crippen molar-refractivity contribution in [1.29, 1.82) is 0 Å². The minimum absolute atomic E-state index is 0.103. The smallest absolute Gasteiger partial charge is 0.251 e. The number of pyridine rings is 1. The van der Waals surface area contributed by atoms with Crippen LogP contribution in [0, 0.1) is 5.92 Å². The number of carbonyl (C=O) groups excluding carboxylic acids is 2. The van der Waals surface area contributed by atoms with E-state index < -0.39 is 6.10 Å². The van der Waals surface area contributed by atoms with E-state index in [1.807, 2.05) is 17.9 Å². The molecule has 2 saturated heterocycles. The van der Waals surface area contributed by atoms with Crippen LogP contribution in [0.1, 0.15) is 88.9 Å². The van der Waals surface area contributed by atoms with E-state index in [1.54, 1.807) is 24.6 Å². The van der Waals surface area contributed by atoms with Crippen LogP contribution in [0.4, 0.5) is 5.82 Å². The zero-order valence-corrected chi connectivity index (χ0v) is 30.0. The molecule has 1 aliphatic carbocycles. The summed E-state index contributed by atoms with van der Waals surface area (Å²) >= 11 is 0. The lowest BCUT2D eigenvalue weighted by atomic mass is 9.97. The van der Waals surface area contributed by atoms with Crippen LogP contribution in [0.5, 0.6) is 0 Å². The molecule has 10 heteroatoms. The first kappa shape index (κ1) is 38.3. The SMILES string of the molecule is C=C(CCCCC)C(CO/C=C/C=C1/CN(C[C@@H](O)CNC(=O)c2ccnc(NC3CCN(C(=O)C4CC4)CC3)c2)CC/C1=C\C)OCC. The molecule has 10 nitrogen and oxygen atoms in total. The molecule has 3 fully saturated rings. The Balaban J connectivity index is 1.19. The summed E-state index contributed by atoms with van der Waals surface area (Å²) < 4.78 is 11.7. The Hall–Kier alpha value is -3.47. The third kappa shape index (κ3) is 12.7. The van der Waals surface area contributed by atoms with Gasteiger partial charge in [-0.1, -0.05) is 38.5 Å². The molecular weight excluding hydrogens is 618 g/mol. The number of ether oxygens (including phenoxy) is 2. The van der Waals surface area contributed by atoms with Gasteiger partial charge < -0.3 is 30.1 Å². The maximum atomic E-state index is 13.0. The maximum absolute atomic E-state index is 13.0. The van der Waals surface area contributed by atoms with Gasteiger partial charge in [-0.3, -0.25) is 14.5 Å². The van der Waals surface area contributed by atoms with E-state index in [2.05, 4.69) is 53.1 Å². The lowest BCUT2D eigenvalue weighted by Gasteiger charge is -2.32. The minimum atomic E-state index is -0.708. The van der Waals surface area contributed by atoms with Crippen molar-refractivity contribution in [2.24, 2.45) is 5.92 Å². The van der Waals surface area contributed by atoms with Gasteiger partial charge in [0.15, 0.2) is 0 Å². The van der Waals surface area contributed by atoms with Crippen LogP contribution in [0.15, 0.2) is 66.1 Å². The van der Waals surface area contributed by atoms with E-state index in [4.69, 9.17) is 9.47 Å². The number of rotatable bonds is 19.